The number of alkyl halides is 1. The van der Waals surface area contributed by atoms with Crippen LogP contribution in [0.2, 0.25) is 0 Å². The van der Waals surface area contributed by atoms with E-state index in [0.717, 1.165) is 0 Å². The van der Waals surface area contributed by atoms with Gasteiger partial charge in [0.1, 0.15) is 0 Å². The molecule has 0 aromatic carbocycles. The van der Waals surface area contributed by atoms with Crippen LogP contribution in [0.1, 0.15) is 20.3 Å². The van der Waals surface area contributed by atoms with E-state index in [1.165, 1.54) is 19.1 Å². The average molecular weight is 185 g/mol. The van der Waals surface area contributed by atoms with Gasteiger partial charge in [0.25, 0.3) is 5.91 Å². The van der Waals surface area contributed by atoms with E-state index in [0.29, 0.717) is 0 Å². The first-order valence-electron chi connectivity index (χ1n) is 4.14. The van der Waals surface area contributed by atoms with Crippen molar-refractivity contribution in [1.82, 2.24) is 5.32 Å². The smallest absolute Gasteiger partial charge is 0.262 e. The molecule has 1 aliphatic rings. The summed E-state index contributed by atoms with van der Waals surface area (Å²) < 4.78 is 13.7. The average Bonchev–Trinajstić information content (AvgIpc) is 2.29. The summed E-state index contributed by atoms with van der Waals surface area (Å²) in [6.07, 6.45) is 2.57. The van der Waals surface area contributed by atoms with Crippen LogP contribution in [0.25, 0.3) is 0 Å². The number of hydrogen-bond donors (Lipinski definition) is 1. The van der Waals surface area contributed by atoms with Gasteiger partial charge >= 0.3 is 0 Å². The first-order valence-corrected chi connectivity index (χ1v) is 4.14. The van der Waals surface area contributed by atoms with Gasteiger partial charge in [0.2, 0.25) is 5.67 Å². The summed E-state index contributed by atoms with van der Waals surface area (Å²) >= 11 is 0. The minimum Gasteiger partial charge on any atom is -0.343 e. The van der Waals surface area contributed by atoms with Gasteiger partial charge in [0, 0.05) is 6.42 Å². The van der Waals surface area contributed by atoms with E-state index in [9.17, 15) is 14.0 Å². The first-order chi connectivity index (χ1) is 5.99. The third kappa shape index (κ3) is 1.76. The monoisotopic (exact) mass is 185 g/mol. The third-order valence-electron chi connectivity index (χ3n) is 2.11. The topological polar surface area (TPSA) is 46.2 Å². The van der Waals surface area contributed by atoms with Crippen molar-refractivity contribution < 1.29 is 14.0 Å². The van der Waals surface area contributed by atoms with Crippen LogP contribution in [-0.2, 0) is 9.59 Å². The number of carbonyl (C=O) groups excluding carboxylic acids is 2. The molecule has 0 saturated carbocycles. The van der Waals surface area contributed by atoms with Gasteiger partial charge in [-0.15, -0.1) is 0 Å². The van der Waals surface area contributed by atoms with E-state index in [1.807, 2.05) is 0 Å². The van der Waals surface area contributed by atoms with Crippen LogP contribution in [0.15, 0.2) is 12.2 Å². The van der Waals surface area contributed by atoms with E-state index in [4.69, 9.17) is 0 Å². The Bertz CT molecular complexity index is 275. The van der Waals surface area contributed by atoms with Crippen LogP contribution in [0.5, 0.6) is 0 Å². The molecule has 4 heteroatoms. The fraction of sp³-hybridized carbons (Fsp3) is 0.556. The maximum absolute atomic E-state index is 13.7. The van der Waals surface area contributed by atoms with Crippen LogP contribution < -0.4 is 5.32 Å². The van der Waals surface area contributed by atoms with Crippen molar-refractivity contribution in [3.63, 3.8) is 0 Å². The predicted octanol–water partition coefficient (Wildman–Crippen LogP) is 0.748. The molecule has 0 bridgehead atoms. The molecular weight excluding hydrogens is 173 g/mol. The van der Waals surface area contributed by atoms with Crippen LogP contribution >= 0.6 is 0 Å². The second-order valence-corrected chi connectivity index (χ2v) is 3.20. The lowest BCUT2D eigenvalue weighted by Gasteiger charge is -2.09. The molecule has 1 N–H and O–H groups in total. The number of nitrogens with one attached hydrogen (secondary N) is 1. The number of carbonyl (C=O) groups is 2. The number of halogens is 1. The zero-order chi connectivity index (χ0) is 10.1. The molecule has 0 aromatic heterocycles. The van der Waals surface area contributed by atoms with Crippen LogP contribution in [0.3, 0.4) is 0 Å². The number of rotatable bonds is 2. The van der Waals surface area contributed by atoms with Crippen molar-refractivity contribution in [3.05, 3.63) is 12.2 Å². The molecule has 2 atom stereocenters. The Hall–Kier alpha value is -1.19. The highest BCUT2D eigenvalue weighted by molar-refractivity contribution is 5.96. The maximum atomic E-state index is 13.7. The molecule has 0 spiro atoms. The first kappa shape index (κ1) is 9.89. The molecule has 1 saturated heterocycles. The van der Waals surface area contributed by atoms with Crippen LogP contribution in [0, 0.1) is 0 Å². The van der Waals surface area contributed by atoms with E-state index in [2.05, 4.69) is 5.32 Å². The second kappa shape index (κ2) is 3.28. The van der Waals surface area contributed by atoms with E-state index in [1.54, 1.807) is 6.92 Å². The number of allylic oxidation sites excluding steroid dienone is 1. The Kier molecular flexibility index (Phi) is 2.50. The minimum absolute atomic E-state index is 0.0918. The van der Waals surface area contributed by atoms with Crippen molar-refractivity contribution in [2.45, 2.75) is 32.0 Å². The van der Waals surface area contributed by atoms with Gasteiger partial charge in [-0.1, -0.05) is 6.08 Å². The predicted molar refractivity (Wildman–Crippen MR) is 45.9 cm³/mol. The lowest BCUT2D eigenvalue weighted by molar-refractivity contribution is -0.127. The highest BCUT2D eigenvalue weighted by Gasteiger charge is 2.46. The van der Waals surface area contributed by atoms with Gasteiger partial charge in [0.05, 0.1) is 6.04 Å². The van der Waals surface area contributed by atoms with Crippen LogP contribution in [-0.4, -0.2) is 23.4 Å². The molecule has 1 rings (SSSR count). The summed E-state index contributed by atoms with van der Waals surface area (Å²) in [5.41, 5.74) is -1.99. The van der Waals surface area contributed by atoms with Gasteiger partial charge in [0.15, 0.2) is 5.78 Å². The molecule has 13 heavy (non-hydrogen) atoms. The lowest BCUT2D eigenvalue weighted by atomic mass is 10.00. The molecule has 1 fully saturated rings. The molecule has 1 amide bonds. The normalized spacial score (nSPS) is 33.8. The largest absolute Gasteiger partial charge is 0.343 e. The number of ketones is 1. The SMILES string of the molecule is C/C=C/C1(F)CC(C(C)=O)NC1=O. The Morgan fingerprint density at radius 2 is 2.38 bits per heavy atom. The molecule has 2 unspecified atom stereocenters. The van der Waals surface area contributed by atoms with Crippen molar-refractivity contribution in [2.75, 3.05) is 0 Å². The number of amides is 1. The quantitative estimate of drug-likeness (QED) is 0.645. The Balaban J connectivity index is 2.82. The Labute approximate surface area is 76.0 Å². The second-order valence-electron chi connectivity index (χ2n) is 3.20. The number of hydrogen-bond acceptors (Lipinski definition) is 2. The fourth-order valence-corrected chi connectivity index (χ4v) is 1.37. The maximum Gasteiger partial charge on any atom is 0.262 e. The Morgan fingerprint density at radius 1 is 1.77 bits per heavy atom. The van der Waals surface area contributed by atoms with Gasteiger partial charge in [-0.05, 0) is 19.9 Å². The summed E-state index contributed by atoms with van der Waals surface area (Å²) in [6, 6.07) is -0.673. The summed E-state index contributed by atoms with van der Waals surface area (Å²) in [7, 11) is 0. The fourth-order valence-electron chi connectivity index (χ4n) is 1.37. The van der Waals surface area contributed by atoms with Gasteiger partial charge in [-0.2, -0.15) is 0 Å². The molecule has 1 heterocycles. The lowest BCUT2D eigenvalue weighted by Crippen LogP contribution is -2.34. The minimum atomic E-state index is -1.99. The van der Waals surface area contributed by atoms with E-state index in [-0.39, 0.29) is 12.2 Å². The van der Waals surface area contributed by atoms with Crippen molar-refractivity contribution in [3.8, 4) is 0 Å². The highest BCUT2D eigenvalue weighted by atomic mass is 19.1. The molecular formula is C9H12FNO2. The molecule has 0 aliphatic carbocycles. The Morgan fingerprint density at radius 3 is 2.77 bits per heavy atom. The van der Waals surface area contributed by atoms with Crippen molar-refractivity contribution >= 4 is 11.7 Å². The van der Waals surface area contributed by atoms with Crippen molar-refractivity contribution in [2.24, 2.45) is 0 Å². The van der Waals surface area contributed by atoms with Gasteiger partial charge in [-0.25, -0.2) is 4.39 Å². The molecule has 72 valence electrons. The zero-order valence-corrected chi connectivity index (χ0v) is 7.63. The van der Waals surface area contributed by atoms with Gasteiger partial charge in [-0.3, -0.25) is 9.59 Å². The highest BCUT2D eigenvalue weighted by Crippen LogP contribution is 2.26. The summed E-state index contributed by atoms with van der Waals surface area (Å²) in [4.78, 5) is 22.0. The molecule has 0 radical (unpaired) electrons. The molecule has 0 aromatic rings. The third-order valence-corrected chi connectivity index (χ3v) is 2.11. The summed E-state index contributed by atoms with van der Waals surface area (Å²) in [6.45, 7) is 2.97. The standard InChI is InChI=1S/C9H12FNO2/c1-3-4-9(10)5-7(6(2)12)11-8(9)13/h3-4,7H,5H2,1-2H3,(H,11,13)/b4-3+. The van der Waals surface area contributed by atoms with Gasteiger partial charge < -0.3 is 5.32 Å². The molecule has 1 aliphatic heterocycles. The summed E-state index contributed by atoms with van der Waals surface area (Å²) in [5, 5.41) is 2.31. The number of Topliss-reactive ketones (excluding diaryl/α,β-unsaturated/α-hetero) is 1. The zero-order valence-electron chi connectivity index (χ0n) is 7.63. The van der Waals surface area contributed by atoms with Crippen molar-refractivity contribution in [1.29, 1.82) is 0 Å². The van der Waals surface area contributed by atoms with E-state index >= 15 is 0 Å². The summed E-state index contributed by atoms with van der Waals surface area (Å²) in [5.74, 6) is -0.928. The van der Waals surface area contributed by atoms with E-state index < -0.39 is 17.6 Å². The molecule has 3 nitrogen and oxygen atoms in total. The van der Waals surface area contributed by atoms with Crippen LogP contribution in [0.4, 0.5) is 4.39 Å².